The third-order valence-electron chi connectivity index (χ3n) is 2.24. The number of hydrogen-bond donors (Lipinski definition) is 4. The van der Waals surface area contributed by atoms with Crippen molar-refractivity contribution < 1.29 is 29.7 Å². The highest BCUT2D eigenvalue weighted by molar-refractivity contribution is 5.96. The second-order valence-corrected chi connectivity index (χ2v) is 3.73. The summed E-state index contributed by atoms with van der Waals surface area (Å²) in [6, 6.07) is -0.190. The van der Waals surface area contributed by atoms with E-state index in [0.717, 1.165) is 18.5 Å². The standard InChI is InChI=1S/C11H12N2O6/c14-7-3-6(4-12-5-7)10(17)13-8(11(18)19)1-2-9(15)16/h3-5,8,14H,1-2H2,(H,13,17)(H,15,16)(H,18,19)/t8-/m0/s1. The van der Waals surface area contributed by atoms with Gasteiger partial charge in [0.15, 0.2) is 0 Å². The van der Waals surface area contributed by atoms with E-state index >= 15 is 0 Å². The van der Waals surface area contributed by atoms with Gasteiger partial charge >= 0.3 is 11.9 Å². The van der Waals surface area contributed by atoms with Gasteiger partial charge in [-0.1, -0.05) is 0 Å². The minimum absolute atomic E-state index is 0.0124. The number of aromatic hydroxyl groups is 1. The predicted molar refractivity (Wildman–Crippen MR) is 61.7 cm³/mol. The van der Waals surface area contributed by atoms with E-state index in [1.165, 1.54) is 0 Å². The fourth-order valence-electron chi connectivity index (χ4n) is 1.32. The van der Waals surface area contributed by atoms with Crippen LogP contribution in [0.1, 0.15) is 23.2 Å². The molecule has 1 atom stereocenters. The van der Waals surface area contributed by atoms with Crippen LogP contribution in [0.5, 0.6) is 5.75 Å². The molecule has 8 nitrogen and oxygen atoms in total. The molecule has 4 N–H and O–H groups in total. The molecular weight excluding hydrogens is 256 g/mol. The van der Waals surface area contributed by atoms with Gasteiger partial charge in [0.05, 0.1) is 11.8 Å². The maximum atomic E-state index is 11.7. The molecule has 0 aromatic carbocycles. The summed E-state index contributed by atoms with van der Waals surface area (Å²) in [7, 11) is 0. The van der Waals surface area contributed by atoms with Crippen molar-refractivity contribution in [3.63, 3.8) is 0 Å². The molecule has 1 rings (SSSR count). The van der Waals surface area contributed by atoms with Gasteiger partial charge in [0.1, 0.15) is 11.8 Å². The fourth-order valence-corrected chi connectivity index (χ4v) is 1.32. The minimum Gasteiger partial charge on any atom is -0.506 e. The molecule has 0 spiro atoms. The van der Waals surface area contributed by atoms with Crippen LogP contribution in [0, 0.1) is 0 Å². The average Bonchev–Trinajstić information content (AvgIpc) is 2.33. The fraction of sp³-hybridized carbons (Fsp3) is 0.273. The zero-order valence-electron chi connectivity index (χ0n) is 9.74. The van der Waals surface area contributed by atoms with Crippen molar-refractivity contribution in [1.82, 2.24) is 10.3 Å². The molecule has 1 aromatic heterocycles. The smallest absolute Gasteiger partial charge is 0.326 e. The van der Waals surface area contributed by atoms with Crippen LogP contribution in [0.15, 0.2) is 18.5 Å². The highest BCUT2D eigenvalue weighted by Crippen LogP contribution is 2.09. The van der Waals surface area contributed by atoms with Crippen LogP contribution in [0.3, 0.4) is 0 Å². The Morgan fingerprint density at radius 1 is 1.26 bits per heavy atom. The molecule has 0 saturated heterocycles. The number of carbonyl (C=O) groups is 3. The topological polar surface area (TPSA) is 137 Å². The Morgan fingerprint density at radius 3 is 2.47 bits per heavy atom. The Kier molecular flexibility index (Phi) is 4.81. The molecular formula is C11H12N2O6. The third-order valence-corrected chi connectivity index (χ3v) is 2.24. The second kappa shape index (κ2) is 6.34. The Bertz CT molecular complexity index is 502. The van der Waals surface area contributed by atoms with Crippen molar-refractivity contribution in [3.8, 4) is 5.75 Å². The van der Waals surface area contributed by atoms with Gasteiger partial charge in [0.25, 0.3) is 5.91 Å². The molecule has 0 unspecified atom stereocenters. The molecule has 0 saturated carbocycles. The van der Waals surface area contributed by atoms with Crippen LogP contribution in [-0.4, -0.2) is 44.2 Å². The molecule has 0 bridgehead atoms. The molecule has 102 valence electrons. The van der Waals surface area contributed by atoms with Crippen molar-refractivity contribution in [2.45, 2.75) is 18.9 Å². The van der Waals surface area contributed by atoms with Gasteiger partial charge in [-0.05, 0) is 12.5 Å². The number of nitrogens with one attached hydrogen (secondary N) is 1. The van der Waals surface area contributed by atoms with Gasteiger partial charge in [-0.15, -0.1) is 0 Å². The van der Waals surface area contributed by atoms with Crippen LogP contribution in [0.25, 0.3) is 0 Å². The summed E-state index contributed by atoms with van der Waals surface area (Å²) >= 11 is 0. The van der Waals surface area contributed by atoms with Crippen molar-refractivity contribution in [3.05, 3.63) is 24.0 Å². The van der Waals surface area contributed by atoms with E-state index in [1.54, 1.807) is 0 Å². The maximum Gasteiger partial charge on any atom is 0.326 e. The maximum absolute atomic E-state index is 11.7. The highest BCUT2D eigenvalue weighted by Gasteiger charge is 2.21. The zero-order valence-corrected chi connectivity index (χ0v) is 9.74. The summed E-state index contributed by atoms with van der Waals surface area (Å²) in [5.74, 6) is -3.46. The van der Waals surface area contributed by atoms with E-state index in [4.69, 9.17) is 15.3 Å². The largest absolute Gasteiger partial charge is 0.506 e. The molecule has 0 aliphatic carbocycles. The van der Waals surface area contributed by atoms with Crippen molar-refractivity contribution in [2.75, 3.05) is 0 Å². The number of amides is 1. The first-order chi connectivity index (χ1) is 8.90. The van der Waals surface area contributed by atoms with Gasteiger partial charge in [0.2, 0.25) is 0 Å². The van der Waals surface area contributed by atoms with Gasteiger partial charge in [0, 0.05) is 12.6 Å². The molecule has 19 heavy (non-hydrogen) atoms. The first-order valence-electron chi connectivity index (χ1n) is 5.29. The van der Waals surface area contributed by atoms with E-state index in [-0.39, 0.29) is 24.2 Å². The number of carboxylic acid groups (broad SMARTS) is 2. The van der Waals surface area contributed by atoms with Gasteiger partial charge in [-0.3, -0.25) is 14.6 Å². The number of carbonyl (C=O) groups excluding carboxylic acids is 1. The molecule has 0 aliphatic heterocycles. The van der Waals surface area contributed by atoms with E-state index in [9.17, 15) is 14.4 Å². The van der Waals surface area contributed by atoms with Gasteiger partial charge < -0.3 is 20.6 Å². The monoisotopic (exact) mass is 268 g/mol. The Morgan fingerprint density at radius 2 is 1.95 bits per heavy atom. The third kappa shape index (κ3) is 4.62. The normalized spacial score (nSPS) is 11.6. The SMILES string of the molecule is O=C(O)CC[C@H](NC(=O)c1cncc(O)c1)C(=O)O. The molecule has 8 heteroatoms. The zero-order chi connectivity index (χ0) is 14.4. The second-order valence-electron chi connectivity index (χ2n) is 3.73. The Balaban J connectivity index is 2.71. The lowest BCUT2D eigenvalue weighted by atomic mass is 10.1. The van der Waals surface area contributed by atoms with Crippen LogP contribution < -0.4 is 5.32 Å². The van der Waals surface area contributed by atoms with Crippen LogP contribution in [0.2, 0.25) is 0 Å². The van der Waals surface area contributed by atoms with Gasteiger partial charge in [-0.2, -0.15) is 0 Å². The summed E-state index contributed by atoms with van der Waals surface area (Å²) in [4.78, 5) is 36.5. The van der Waals surface area contributed by atoms with Crippen LogP contribution in [0.4, 0.5) is 0 Å². The number of pyridine rings is 1. The summed E-state index contributed by atoms with van der Waals surface area (Å²) < 4.78 is 0. The van der Waals surface area contributed by atoms with E-state index in [1.807, 2.05) is 0 Å². The Labute approximate surface area is 107 Å². The Hall–Kier alpha value is -2.64. The van der Waals surface area contributed by atoms with E-state index in [2.05, 4.69) is 10.3 Å². The summed E-state index contributed by atoms with van der Waals surface area (Å²) in [5.41, 5.74) is -0.0124. The van der Waals surface area contributed by atoms with Crippen molar-refractivity contribution in [1.29, 1.82) is 0 Å². The highest BCUT2D eigenvalue weighted by atomic mass is 16.4. The van der Waals surface area contributed by atoms with Crippen LogP contribution in [-0.2, 0) is 9.59 Å². The number of rotatable bonds is 6. The van der Waals surface area contributed by atoms with E-state index in [0.29, 0.717) is 0 Å². The molecule has 0 fully saturated rings. The lowest BCUT2D eigenvalue weighted by molar-refractivity contribution is -0.140. The van der Waals surface area contributed by atoms with Crippen LogP contribution >= 0.6 is 0 Å². The average molecular weight is 268 g/mol. The number of hydrogen-bond acceptors (Lipinski definition) is 5. The first-order valence-corrected chi connectivity index (χ1v) is 5.29. The quantitative estimate of drug-likeness (QED) is 0.562. The minimum atomic E-state index is -1.33. The summed E-state index contributed by atoms with van der Waals surface area (Å²) in [6.45, 7) is 0. The number of aromatic nitrogens is 1. The molecule has 0 aliphatic rings. The summed E-state index contributed by atoms with van der Waals surface area (Å²) in [6.07, 6.45) is 1.67. The molecule has 1 amide bonds. The molecule has 1 heterocycles. The first kappa shape index (κ1) is 14.4. The van der Waals surface area contributed by atoms with Crippen molar-refractivity contribution >= 4 is 17.8 Å². The van der Waals surface area contributed by atoms with Crippen molar-refractivity contribution in [2.24, 2.45) is 0 Å². The predicted octanol–water partition coefficient (Wildman–Crippen LogP) is -0.165. The lowest BCUT2D eigenvalue weighted by Crippen LogP contribution is -2.41. The number of aliphatic carboxylic acids is 2. The van der Waals surface area contributed by atoms with Gasteiger partial charge in [-0.25, -0.2) is 4.79 Å². The van der Waals surface area contributed by atoms with E-state index < -0.39 is 23.9 Å². The lowest BCUT2D eigenvalue weighted by Gasteiger charge is -2.13. The number of carboxylic acids is 2. The molecule has 0 radical (unpaired) electrons. The summed E-state index contributed by atoms with van der Waals surface area (Å²) in [5, 5.41) is 28.7. The molecule has 1 aromatic rings. The number of nitrogens with zero attached hydrogens (tertiary/aromatic N) is 1.